The van der Waals surface area contributed by atoms with E-state index in [2.05, 4.69) is 10.0 Å². The lowest BCUT2D eigenvalue weighted by atomic mass is 10.0. The second-order valence-electron chi connectivity index (χ2n) is 6.83. The summed E-state index contributed by atoms with van der Waals surface area (Å²) in [4.78, 5) is 12.9. The van der Waals surface area contributed by atoms with Crippen LogP contribution in [-0.4, -0.2) is 28.5 Å². The molecule has 3 rings (SSSR count). The van der Waals surface area contributed by atoms with Crippen LogP contribution in [0.4, 0.5) is 5.69 Å². The lowest BCUT2D eigenvalue weighted by Gasteiger charge is -2.13. The number of rotatable bonds is 7. The maximum Gasteiger partial charge on any atom is 0.255 e. The van der Waals surface area contributed by atoms with Gasteiger partial charge in [-0.15, -0.1) is 0 Å². The SMILES string of the molecule is CNS(=O)(=O)c1ccc(C)c(C(=O)Nc2ccc(OC)c(Cc3ccccc3)c2)c1. The quantitative estimate of drug-likeness (QED) is 0.605. The van der Waals surface area contributed by atoms with Crippen molar-refractivity contribution in [1.29, 1.82) is 0 Å². The van der Waals surface area contributed by atoms with E-state index in [1.165, 1.54) is 19.2 Å². The first-order valence-electron chi connectivity index (χ1n) is 9.40. The Bertz CT molecular complexity index is 1160. The first-order chi connectivity index (χ1) is 14.3. The molecule has 1 amide bonds. The van der Waals surface area contributed by atoms with Gasteiger partial charge in [0.25, 0.3) is 5.91 Å². The fourth-order valence-corrected chi connectivity index (χ4v) is 3.90. The third-order valence-electron chi connectivity index (χ3n) is 4.81. The van der Waals surface area contributed by atoms with Crippen molar-refractivity contribution in [3.8, 4) is 5.75 Å². The minimum atomic E-state index is -3.64. The van der Waals surface area contributed by atoms with Crippen LogP contribution in [0.1, 0.15) is 27.0 Å². The number of sulfonamides is 1. The lowest BCUT2D eigenvalue weighted by molar-refractivity contribution is 0.102. The average molecular weight is 425 g/mol. The van der Waals surface area contributed by atoms with Crippen molar-refractivity contribution in [2.45, 2.75) is 18.2 Å². The number of hydrogen-bond donors (Lipinski definition) is 2. The molecular weight excluding hydrogens is 400 g/mol. The number of aryl methyl sites for hydroxylation is 1. The van der Waals surface area contributed by atoms with E-state index in [9.17, 15) is 13.2 Å². The topological polar surface area (TPSA) is 84.5 Å². The number of anilines is 1. The van der Waals surface area contributed by atoms with Gasteiger partial charge in [-0.3, -0.25) is 4.79 Å². The first-order valence-corrected chi connectivity index (χ1v) is 10.9. The van der Waals surface area contributed by atoms with Gasteiger partial charge < -0.3 is 10.1 Å². The number of carbonyl (C=O) groups excluding carboxylic acids is 1. The number of carbonyl (C=O) groups is 1. The molecule has 0 aliphatic rings. The molecule has 0 saturated heterocycles. The van der Waals surface area contributed by atoms with E-state index in [4.69, 9.17) is 4.74 Å². The molecule has 0 unspecified atom stereocenters. The Morgan fingerprint density at radius 3 is 2.40 bits per heavy atom. The van der Waals surface area contributed by atoms with E-state index in [-0.39, 0.29) is 10.8 Å². The summed E-state index contributed by atoms with van der Waals surface area (Å²) >= 11 is 0. The third-order valence-corrected chi connectivity index (χ3v) is 6.22. The van der Waals surface area contributed by atoms with Gasteiger partial charge in [0.15, 0.2) is 0 Å². The summed E-state index contributed by atoms with van der Waals surface area (Å²) < 4.78 is 31.9. The van der Waals surface area contributed by atoms with Gasteiger partial charge >= 0.3 is 0 Å². The van der Waals surface area contributed by atoms with Crippen molar-refractivity contribution in [3.05, 3.63) is 89.0 Å². The maximum atomic E-state index is 12.9. The predicted molar refractivity (Wildman–Crippen MR) is 118 cm³/mol. The smallest absolute Gasteiger partial charge is 0.255 e. The molecule has 0 atom stereocenters. The van der Waals surface area contributed by atoms with E-state index >= 15 is 0 Å². The van der Waals surface area contributed by atoms with E-state index in [1.807, 2.05) is 42.5 Å². The second kappa shape index (κ2) is 9.11. The number of methoxy groups -OCH3 is 1. The van der Waals surface area contributed by atoms with E-state index in [1.54, 1.807) is 26.2 Å². The highest BCUT2D eigenvalue weighted by atomic mass is 32.2. The molecule has 0 heterocycles. The van der Waals surface area contributed by atoms with Gasteiger partial charge in [0.2, 0.25) is 10.0 Å². The van der Waals surface area contributed by atoms with E-state index in [0.717, 1.165) is 16.9 Å². The number of ether oxygens (including phenoxy) is 1. The number of benzene rings is 3. The summed E-state index contributed by atoms with van der Waals surface area (Å²) in [6, 6.07) is 19.9. The standard InChI is InChI=1S/C23H24N2O4S/c1-16-9-11-20(30(27,28)24-2)15-21(16)23(26)25-19-10-12-22(29-3)18(14-19)13-17-7-5-4-6-8-17/h4-12,14-15,24H,13H2,1-3H3,(H,25,26). The van der Waals surface area contributed by atoms with E-state index in [0.29, 0.717) is 23.2 Å². The fourth-order valence-electron chi connectivity index (χ4n) is 3.14. The molecule has 0 aliphatic heterocycles. The molecular formula is C23H24N2O4S. The molecule has 0 aromatic heterocycles. The summed E-state index contributed by atoms with van der Waals surface area (Å²) in [6.07, 6.45) is 0.655. The van der Waals surface area contributed by atoms with Crippen molar-refractivity contribution in [3.63, 3.8) is 0 Å². The van der Waals surface area contributed by atoms with Gasteiger partial charge in [-0.05, 0) is 55.4 Å². The summed E-state index contributed by atoms with van der Waals surface area (Å²) in [5, 5.41) is 2.86. The van der Waals surface area contributed by atoms with Crippen molar-refractivity contribution in [2.24, 2.45) is 0 Å². The van der Waals surface area contributed by atoms with Crippen molar-refractivity contribution in [1.82, 2.24) is 4.72 Å². The normalized spacial score (nSPS) is 11.2. The Morgan fingerprint density at radius 1 is 1.00 bits per heavy atom. The lowest BCUT2D eigenvalue weighted by Crippen LogP contribution is -2.20. The minimum Gasteiger partial charge on any atom is -0.496 e. The molecule has 0 aliphatic carbocycles. The van der Waals surface area contributed by atoms with Gasteiger partial charge in [-0.2, -0.15) is 0 Å². The molecule has 156 valence electrons. The molecule has 3 aromatic carbocycles. The summed E-state index contributed by atoms with van der Waals surface area (Å²) in [5.74, 6) is 0.353. The van der Waals surface area contributed by atoms with Crippen molar-refractivity contribution < 1.29 is 17.9 Å². The molecule has 7 heteroatoms. The molecule has 0 bridgehead atoms. The Labute approximate surface area is 177 Å². The number of hydrogen-bond acceptors (Lipinski definition) is 4. The summed E-state index contributed by atoms with van der Waals surface area (Å²) in [6.45, 7) is 1.76. The molecule has 3 aromatic rings. The maximum absolute atomic E-state index is 12.9. The zero-order valence-corrected chi connectivity index (χ0v) is 17.9. The number of amides is 1. The van der Waals surface area contributed by atoms with Crippen LogP contribution in [0.25, 0.3) is 0 Å². The van der Waals surface area contributed by atoms with Crippen molar-refractivity contribution in [2.75, 3.05) is 19.5 Å². The average Bonchev–Trinajstić information content (AvgIpc) is 2.75. The second-order valence-corrected chi connectivity index (χ2v) is 8.71. The molecule has 30 heavy (non-hydrogen) atoms. The van der Waals surface area contributed by atoms with Crippen LogP contribution in [0.5, 0.6) is 5.75 Å². The van der Waals surface area contributed by atoms with Crippen LogP contribution in [0, 0.1) is 6.92 Å². The molecule has 0 spiro atoms. The Hall–Kier alpha value is -3.16. The fraction of sp³-hybridized carbons (Fsp3) is 0.174. The highest BCUT2D eigenvalue weighted by molar-refractivity contribution is 7.89. The van der Waals surface area contributed by atoms with Gasteiger partial charge in [-0.25, -0.2) is 13.1 Å². The highest BCUT2D eigenvalue weighted by Crippen LogP contribution is 2.26. The molecule has 0 fully saturated rings. The predicted octanol–water partition coefficient (Wildman–Crippen LogP) is 3.75. The molecule has 2 N–H and O–H groups in total. The molecule has 6 nitrogen and oxygen atoms in total. The Morgan fingerprint density at radius 2 is 1.73 bits per heavy atom. The van der Waals surface area contributed by atoms with Crippen LogP contribution < -0.4 is 14.8 Å². The van der Waals surface area contributed by atoms with E-state index < -0.39 is 10.0 Å². The van der Waals surface area contributed by atoms with Crippen LogP contribution >= 0.6 is 0 Å². The highest BCUT2D eigenvalue weighted by Gasteiger charge is 2.17. The first kappa shape index (κ1) is 21.5. The van der Waals surface area contributed by atoms with Gasteiger partial charge in [0, 0.05) is 23.2 Å². The van der Waals surface area contributed by atoms with Gasteiger partial charge in [-0.1, -0.05) is 36.4 Å². The van der Waals surface area contributed by atoms with Crippen LogP contribution in [-0.2, 0) is 16.4 Å². The van der Waals surface area contributed by atoms with Crippen molar-refractivity contribution >= 4 is 21.6 Å². The third kappa shape index (κ3) is 4.87. The monoisotopic (exact) mass is 424 g/mol. The molecule has 0 radical (unpaired) electrons. The summed E-state index contributed by atoms with van der Waals surface area (Å²) in [7, 11) is -0.697. The van der Waals surface area contributed by atoms with Gasteiger partial charge in [0.1, 0.15) is 5.75 Å². The zero-order chi connectivity index (χ0) is 21.7. The Balaban J connectivity index is 1.88. The zero-order valence-electron chi connectivity index (χ0n) is 17.1. The van der Waals surface area contributed by atoms with Crippen LogP contribution in [0.2, 0.25) is 0 Å². The largest absolute Gasteiger partial charge is 0.496 e. The summed E-state index contributed by atoms with van der Waals surface area (Å²) in [5.41, 5.74) is 3.64. The minimum absolute atomic E-state index is 0.0419. The molecule has 0 saturated carbocycles. The van der Waals surface area contributed by atoms with Crippen LogP contribution in [0.3, 0.4) is 0 Å². The number of nitrogens with one attached hydrogen (secondary N) is 2. The Kier molecular flexibility index (Phi) is 6.54. The van der Waals surface area contributed by atoms with Gasteiger partial charge in [0.05, 0.1) is 12.0 Å². The van der Waals surface area contributed by atoms with Crippen LogP contribution in [0.15, 0.2) is 71.6 Å².